The van der Waals surface area contributed by atoms with E-state index in [0.29, 0.717) is 17.5 Å². The van der Waals surface area contributed by atoms with Gasteiger partial charge in [-0.1, -0.05) is 128 Å². The molecule has 0 aliphatic rings. The second-order valence-electron chi connectivity index (χ2n) is 11.3. The molecule has 224 valence electrons. The lowest BCUT2D eigenvalue weighted by molar-refractivity contribution is 1.07. The molecule has 0 saturated heterocycles. The van der Waals surface area contributed by atoms with E-state index in [4.69, 9.17) is 15.0 Å². The van der Waals surface area contributed by atoms with E-state index in [1.165, 1.54) is 17.0 Å². The van der Waals surface area contributed by atoms with Gasteiger partial charge in [-0.25, -0.2) is 15.0 Å². The van der Waals surface area contributed by atoms with Crippen LogP contribution in [0.2, 0.25) is 0 Å². The summed E-state index contributed by atoms with van der Waals surface area (Å²) in [4.78, 5) is 19.2. The molecule has 47 heavy (non-hydrogen) atoms. The van der Waals surface area contributed by atoms with Crippen molar-refractivity contribution in [3.05, 3.63) is 170 Å². The molecular formula is C43H32N4. The van der Waals surface area contributed by atoms with Gasteiger partial charge >= 0.3 is 0 Å². The number of hydrogen-bond donors (Lipinski definition) is 0. The Morgan fingerprint density at radius 1 is 0.532 bits per heavy atom. The Bertz CT molecular complexity index is 2210. The highest BCUT2D eigenvalue weighted by Crippen LogP contribution is 2.36. The third-order valence-corrected chi connectivity index (χ3v) is 8.16. The van der Waals surface area contributed by atoms with Crippen LogP contribution in [0, 0.1) is 0 Å². The van der Waals surface area contributed by atoms with Crippen LogP contribution in [0.25, 0.3) is 72.8 Å². The van der Waals surface area contributed by atoms with Crippen molar-refractivity contribution in [1.82, 2.24) is 15.0 Å². The van der Waals surface area contributed by atoms with E-state index in [1.807, 2.05) is 66.7 Å². The first-order valence-corrected chi connectivity index (χ1v) is 15.6. The van der Waals surface area contributed by atoms with Crippen LogP contribution in [0.3, 0.4) is 0 Å². The maximum atomic E-state index is 5.06. The molecule has 4 nitrogen and oxygen atoms in total. The van der Waals surface area contributed by atoms with Crippen LogP contribution < -0.4 is 0 Å². The van der Waals surface area contributed by atoms with Crippen LogP contribution in [-0.4, -0.2) is 21.2 Å². The Morgan fingerprint density at radius 3 is 1.79 bits per heavy atom. The summed E-state index contributed by atoms with van der Waals surface area (Å²) in [5, 5.41) is 2.39. The molecule has 0 amide bonds. The van der Waals surface area contributed by atoms with Crippen LogP contribution in [0.1, 0.15) is 12.5 Å². The molecule has 6 aromatic carbocycles. The topological polar surface area (TPSA) is 51.0 Å². The molecule has 1 heterocycles. The van der Waals surface area contributed by atoms with Crippen LogP contribution in [0.15, 0.2) is 169 Å². The monoisotopic (exact) mass is 604 g/mol. The number of nitrogens with zero attached hydrogens (tertiary/aromatic N) is 4. The zero-order valence-electron chi connectivity index (χ0n) is 26.1. The van der Waals surface area contributed by atoms with E-state index in [0.717, 1.165) is 50.1 Å². The highest BCUT2D eigenvalue weighted by molar-refractivity contribution is 5.98. The summed E-state index contributed by atoms with van der Waals surface area (Å²) in [5.41, 5.74) is 9.43. The number of fused-ring (bicyclic) bond motifs is 1. The summed E-state index contributed by atoms with van der Waals surface area (Å²) in [6, 6.07) is 50.4. The maximum absolute atomic E-state index is 5.06. The van der Waals surface area contributed by atoms with Crippen molar-refractivity contribution in [1.29, 1.82) is 0 Å². The Kier molecular flexibility index (Phi) is 8.39. The van der Waals surface area contributed by atoms with Crippen molar-refractivity contribution in [2.75, 3.05) is 0 Å². The quantitative estimate of drug-likeness (QED) is 0.162. The van der Waals surface area contributed by atoms with Crippen LogP contribution in [-0.2, 0) is 0 Å². The molecule has 0 N–H and O–H groups in total. The molecule has 7 rings (SSSR count). The second kappa shape index (κ2) is 13.4. The molecule has 0 spiro atoms. The van der Waals surface area contributed by atoms with Crippen LogP contribution >= 0.6 is 0 Å². The molecule has 7 aromatic rings. The lowest BCUT2D eigenvalue weighted by Crippen LogP contribution is -2.00. The van der Waals surface area contributed by atoms with Gasteiger partial charge in [0.15, 0.2) is 17.5 Å². The SMILES string of the molecule is C=CN=C/C=C(\C)c1cccc(-c2cc(-c3nc(-c4ccccc4)nc(-c4ccccc4)n3)cc(-c3cccc4ccccc34)c2)c1. The number of hydrogen-bond acceptors (Lipinski definition) is 4. The van der Waals surface area contributed by atoms with Gasteiger partial charge in [0, 0.05) is 29.1 Å². The van der Waals surface area contributed by atoms with Crippen molar-refractivity contribution >= 4 is 22.6 Å². The summed E-state index contributed by atoms with van der Waals surface area (Å²) in [6.45, 7) is 5.76. The van der Waals surface area contributed by atoms with E-state index in [9.17, 15) is 0 Å². The van der Waals surface area contributed by atoms with E-state index < -0.39 is 0 Å². The van der Waals surface area contributed by atoms with Crippen molar-refractivity contribution < 1.29 is 0 Å². The van der Waals surface area contributed by atoms with E-state index >= 15 is 0 Å². The standard InChI is InChI=1S/C43H32N4/c1-3-44-25-24-30(2)34-20-12-21-35(26-34)36-27-37(40-23-13-19-31-14-10-11-22-39(31)40)29-38(28-36)43-46-41(32-15-6-4-7-16-32)45-42(47-43)33-17-8-5-9-18-33/h3-29H,1H2,2H3/b30-24+,44-25?. The van der Waals surface area contributed by atoms with E-state index in [1.54, 1.807) is 6.21 Å². The highest BCUT2D eigenvalue weighted by atomic mass is 15.0. The third-order valence-electron chi connectivity index (χ3n) is 8.16. The molecular weight excluding hydrogens is 573 g/mol. The lowest BCUT2D eigenvalue weighted by atomic mass is 9.92. The number of rotatable bonds is 8. The van der Waals surface area contributed by atoms with Gasteiger partial charge in [-0.3, -0.25) is 4.99 Å². The van der Waals surface area contributed by atoms with Crippen LogP contribution in [0.4, 0.5) is 0 Å². The van der Waals surface area contributed by atoms with Crippen molar-refractivity contribution in [3.63, 3.8) is 0 Å². The summed E-state index contributed by atoms with van der Waals surface area (Å²) >= 11 is 0. The smallest absolute Gasteiger partial charge is 0.164 e. The van der Waals surface area contributed by atoms with Gasteiger partial charge in [0.2, 0.25) is 0 Å². The van der Waals surface area contributed by atoms with E-state index in [2.05, 4.69) is 103 Å². The third kappa shape index (κ3) is 6.44. The summed E-state index contributed by atoms with van der Waals surface area (Å²) < 4.78 is 0. The van der Waals surface area contributed by atoms with Gasteiger partial charge in [0.25, 0.3) is 0 Å². The maximum Gasteiger partial charge on any atom is 0.164 e. The predicted molar refractivity (Wildman–Crippen MR) is 197 cm³/mol. The van der Waals surface area contributed by atoms with Gasteiger partial charge in [-0.2, -0.15) is 0 Å². The highest BCUT2D eigenvalue weighted by Gasteiger charge is 2.16. The molecule has 0 atom stereocenters. The first-order valence-electron chi connectivity index (χ1n) is 15.6. The molecule has 1 aromatic heterocycles. The zero-order valence-corrected chi connectivity index (χ0v) is 26.1. The summed E-state index contributed by atoms with van der Waals surface area (Å²) in [6.07, 6.45) is 5.30. The van der Waals surface area contributed by atoms with Crippen molar-refractivity contribution in [3.8, 4) is 56.4 Å². The minimum absolute atomic E-state index is 0.619. The van der Waals surface area contributed by atoms with Gasteiger partial charge < -0.3 is 0 Å². The van der Waals surface area contributed by atoms with Gasteiger partial charge in [0.1, 0.15) is 0 Å². The number of aromatic nitrogens is 3. The molecule has 0 fully saturated rings. The van der Waals surface area contributed by atoms with Crippen molar-refractivity contribution in [2.24, 2.45) is 4.99 Å². The van der Waals surface area contributed by atoms with Gasteiger partial charge in [-0.05, 0) is 81.4 Å². The molecule has 0 bridgehead atoms. The predicted octanol–water partition coefficient (Wildman–Crippen LogP) is 11.0. The van der Waals surface area contributed by atoms with Gasteiger partial charge in [0.05, 0.1) is 0 Å². The normalized spacial score (nSPS) is 11.6. The summed E-state index contributed by atoms with van der Waals surface area (Å²) in [7, 11) is 0. The Balaban J connectivity index is 1.46. The number of aliphatic imine (C=N–C) groups is 1. The first-order chi connectivity index (χ1) is 23.2. The number of benzene rings is 6. The van der Waals surface area contributed by atoms with Crippen molar-refractivity contribution in [2.45, 2.75) is 6.92 Å². The lowest BCUT2D eigenvalue weighted by Gasteiger charge is -2.14. The summed E-state index contributed by atoms with van der Waals surface area (Å²) in [5.74, 6) is 1.89. The molecule has 0 radical (unpaired) electrons. The second-order valence-corrected chi connectivity index (χ2v) is 11.3. The molecule has 4 heteroatoms. The Labute approximate surface area is 275 Å². The van der Waals surface area contributed by atoms with E-state index in [-0.39, 0.29) is 0 Å². The van der Waals surface area contributed by atoms with Gasteiger partial charge in [-0.15, -0.1) is 0 Å². The fourth-order valence-electron chi connectivity index (χ4n) is 5.75. The largest absolute Gasteiger partial charge is 0.265 e. The average Bonchev–Trinajstić information content (AvgIpc) is 3.15. The average molecular weight is 605 g/mol. The minimum atomic E-state index is 0.619. The fourth-order valence-corrected chi connectivity index (χ4v) is 5.75. The minimum Gasteiger partial charge on any atom is -0.265 e. The fraction of sp³-hybridized carbons (Fsp3) is 0.0233. The first kappa shape index (κ1) is 29.5. The molecule has 0 aliphatic heterocycles. The molecule has 0 saturated carbocycles. The molecule has 0 unspecified atom stereocenters. The van der Waals surface area contributed by atoms with Crippen LogP contribution in [0.5, 0.6) is 0 Å². The Morgan fingerprint density at radius 2 is 1.09 bits per heavy atom. The Hall–Kier alpha value is -6.26. The molecule has 0 aliphatic carbocycles. The number of allylic oxidation sites excluding steroid dienone is 2. The zero-order chi connectivity index (χ0) is 32.0.